The van der Waals surface area contributed by atoms with Crippen LogP contribution in [0.15, 0.2) is 66.7 Å². The van der Waals surface area contributed by atoms with E-state index in [0.717, 1.165) is 37.7 Å². The fourth-order valence-corrected chi connectivity index (χ4v) is 5.05. The molecular formula is C31H33N7O3. The van der Waals surface area contributed by atoms with E-state index in [2.05, 4.69) is 37.4 Å². The highest BCUT2D eigenvalue weighted by molar-refractivity contribution is 6.05. The van der Waals surface area contributed by atoms with E-state index >= 15 is 0 Å². The zero-order valence-electron chi connectivity index (χ0n) is 22.9. The summed E-state index contributed by atoms with van der Waals surface area (Å²) in [5.74, 6) is 0.328. The molecule has 2 aliphatic rings. The van der Waals surface area contributed by atoms with Gasteiger partial charge in [-0.1, -0.05) is 31.2 Å². The van der Waals surface area contributed by atoms with Crippen LogP contribution >= 0.6 is 0 Å². The number of nitrogen functional groups attached to an aromatic ring is 1. The zero-order valence-corrected chi connectivity index (χ0v) is 22.9. The maximum absolute atomic E-state index is 13.1. The number of morpholine rings is 1. The summed E-state index contributed by atoms with van der Waals surface area (Å²) < 4.78 is 5.44. The maximum atomic E-state index is 13.1. The molecule has 10 heteroatoms. The Hall–Kier alpha value is -4.54. The third kappa shape index (κ3) is 5.84. The van der Waals surface area contributed by atoms with Crippen LogP contribution in [0.25, 0.3) is 11.4 Å². The lowest BCUT2D eigenvalue weighted by Crippen LogP contribution is -2.36. The number of nitrogens with zero attached hydrogens (tertiary/aromatic N) is 4. The minimum atomic E-state index is -0.333. The van der Waals surface area contributed by atoms with Crippen molar-refractivity contribution in [2.45, 2.75) is 31.8 Å². The minimum absolute atomic E-state index is 0.0326. The lowest BCUT2D eigenvalue weighted by atomic mass is 9.97. The van der Waals surface area contributed by atoms with Gasteiger partial charge in [0.25, 0.3) is 5.91 Å². The number of hydrogen-bond donors (Lipinski definition) is 4. The lowest BCUT2D eigenvalue weighted by Gasteiger charge is -2.28. The molecule has 210 valence electrons. The van der Waals surface area contributed by atoms with Gasteiger partial charge in [-0.05, 0) is 66.3 Å². The average molecular weight is 552 g/mol. The van der Waals surface area contributed by atoms with Crippen LogP contribution in [-0.2, 0) is 16.8 Å². The second-order valence-corrected chi connectivity index (χ2v) is 10.7. The Kier molecular flexibility index (Phi) is 7.25. The fourth-order valence-electron chi connectivity index (χ4n) is 5.05. The van der Waals surface area contributed by atoms with Crippen LogP contribution in [0, 0.1) is 0 Å². The normalized spacial score (nSPS) is 15.8. The predicted octanol–water partition coefficient (Wildman–Crippen LogP) is 4.50. The van der Waals surface area contributed by atoms with Crippen LogP contribution in [0.1, 0.15) is 41.3 Å². The number of carbonyl (C=O) groups excluding carboxylic acids is 1. The van der Waals surface area contributed by atoms with E-state index in [1.807, 2.05) is 48.5 Å². The summed E-state index contributed by atoms with van der Waals surface area (Å²) in [5.41, 5.74) is 11.5. The topological polar surface area (TPSA) is 139 Å². The number of ether oxygens (including phenoxy) is 1. The summed E-state index contributed by atoms with van der Waals surface area (Å²) >= 11 is 0. The molecule has 0 atom stereocenters. The molecule has 10 nitrogen and oxygen atoms in total. The van der Waals surface area contributed by atoms with Gasteiger partial charge < -0.3 is 31.1 Å². The van der Waals surface area contributed by atoms with Gasteiger partial charge in [-0.3, -0.25) is 4.79 Å². The number of aliphatic hydroxyl groups is 1. The summed E-state index contributed by atoms with van der Waals surface area (Å²) in [7, 11) is 0. The fraction of sp³-hybridized carbons (Fsp3) is 0.290. The number of aliphatic hydroxyl groups excluding tert-OH is 1. The highest BCUT2D eigenvalue weighted by atomic mass is 16.5. The van der Waals surface area contributed by atoms with E-state index < -0.39 is 0 Å². The molecule has 6 rings (SSSR count). The average Bonchev–Trinajstić information content (AvgIpc) is 3.76. The Bertz CT molecular complexity index is 1550. The number of hydrogen-bond acceptors (Lipinski definition) is 9. The van der Waals surface area contributed by atoms with Gasteiger partial charge in [-0.2, -0.15) is 15.0 Å². The van der Waals surface area contributed by atoms with Gasteiger partial charge in [-0.15, -0.1) is 0 Å². The second-order valence-electron chi connectivity index (χ2n) is 10.7. The Balaban J connectivity index is 1.21. The number of benzene rings is 3. The predicted molar refractivity (Wildman–Crippen MR) is 159 cm³/mol. The molecule has 5 N–H and O–H groups in total. The van der Waals surface area contributed by atoms with E-state index in [0.29, 0.717) is 22.4 Å². The molecule has 1 saturated heterocycles. The minimum Gasteiger partial charge on any atom is -0.392 e. The Morgan fingerprint density at radius 1 is 1.00 bits per heavy atom. The molecule has 1 aliphatic carbocycles. The first-order chi connectivity index (χ1) is 19.9. The Labute approximate surface area is 238 Å². The molecule has 0 bridgehead atoms. The standard InChI is InChI=1S/C31H33N7O3/c1-31(13-14-31)21-7-5-20(6-8-21)28(40)34-26-4-2-3-24(25(26)19-39)27-35-29(32)37-30(36-27)33-22-9-11-23(12-10-22)38-15-17-41-18-16-38/h2-12,39H,13-19H2,1H3,(H,34,40)(H3,32,33,35,36,37). The SMILES string of the molecule is CC1(c2ccc(C(=O)Nc3cccc(-c4nc(N)nc(Nc5ccc(N6CCOCC6)cc5)n4)c3CO)cc2)CC1. The molecule has 0 spiro atoms. The molecule has 1 amide bonds. The van der Waals surface area contributed by atoms with Crippen molar-refractivity contribution >= 4 is 34.9 Å². The lowest BCUT2D eigenvalue weighted by molar-refractivity contribution is 0.102. The Morgan fingerprint density at radius 2 is 1.73 bits per heavy atom. The molecular weight excluding hydrogens is 518 g/mol. The molecule has 41 heavy (non-hydrogen) atoms. The van der Waals surface area contributed by atoms with E-state index in [1.54, 1.807) is 18.2 Å². The first kappa shape index (κ1) is 26.7. The third-order valence-electron chi connectivity index (χ3n) is 7.82. The zero-order chi connectivity index (χ0) is 28.4. The molecule has 0 unspecified atom stereocenters. The largest absolute Gasteiger partial charge is 0.392 e. The molecule has 1 saturated carbocycles. The van der Waals surface area contributed by atoms with Crippen molar-refractivity contribution in [3.05, 3.63) is 83.4 Å². The number of aromatic nitrogens is 3. The second kappa shape index (κ2) is 11.1. The summed E-state index contributed by atoms with van der Waals surface area (Å²) in [6.45, 7) is 5.07. The number of amides is 1. The monoisotopic (exact) mass is 551 g/mol. The van der Waals surface area contributed by atoms with Gasteiger partial charge in [0.1, 0.15) is 0 Å². The molecule has 1 aliphatic heterocycles. The van der Waals surface area contributed by atoms with Crippen LogP contribution in [-0.4, -0.2) is 52.3 Å². The number of nitrogens with two attached hydrogens (primary N) is 1. The van der Waals surface area contributed by atoms with Gasteiger partial charge in [-0.25, -0.2) is 0 Å². The smallest absolute Gasteiger partial charge is 0.255 e. The highest BCUT2D eigenvalue weighted by Gasteiger charge is 2.38. The first-order valence-corrected chi connectivity index (χ1v) is 13.8. The van der Waals surface area contributed by atoms with Crippen LogP contribution in [0.5, 0.6) is 0 Å². The molecule has 2 heterocycles. The first-order valence-electron chi connectivity index (χ1n) is 13.8. The van der Waals surface area contributed by atoms with Crippen LogP contribution < -0.4 is 21.3 Å². The molecule has 4 aromatic rings. The van der Waals surface area contributed by atoms with Gasteiger partial charge in [0.2, 0.25) is 11.9 Å². The summed E-state index contributed by atoms with van der Waals surface area (Å²) in [5, 5.41) is 16.4. The number of carbonyl (C=O) groups is 1. The van der Waals surface area contributed by atoms with E-state index in [-0.39, 0.29) is 35.7 Å². The maximum Gasteiger partial charge on any atom is 0.255 e. The van der Waals surface area contributed by atoms with Gasteiger partial charge in [0.15, 0.2) is 5.82 Å². The molecule has 0 radical (unpaired) electrons. The summed E-state index contributed by atoms with van der Waals surface area (Å²) in [6, 6.07) is 21.0. The number of anilines is 5. The summed E-state index contributed by atoms with van der Waals surface area (Å²) in [4.78, 5) is 28.5. The molecule has 3 aromatic carbocycles. The van der Waals surface area contributed by atoms with E-state index in [4.69, 9.17) is 10.5 Å². The van der Waals surface area contributed by atoms with E-state index in [1.165, 1.54) is 18.4 Å². The van der Waals surface area contributed by atoms with Crippen molar-refractivity contribution in [1.29, 1.82) is 0 Å². The van der Waals surface area contributed by atoms with Crippen molar-refractivity contribution < 1.29 is 14.6 Å². The number of rotatable bonds is 8. The van der Waals surface area contributed by atoms with Gasteiger partial charge >= 0.3 is 0 Å². The van der Waals surface area contributed by atoms with Gasteiger partial charge in [0, 0.05) is 46.8 Å². The third-order valence-corrected chi connectivity index (χ3v) is 7.82. The summed E-state index contributed by atoms with van der Waals surface area (Å²) in [6.07, 6.45) is 2.34. The van der Waals surface area contributed by atoms with Crippen molar-refractivity contribution in [3.63, 3.8) is 0 Å². The van der Waals surface area contributed by atoms with Gasteiger partial charge in [0.05, 0.1) is 19.8 Å². The molecule has 1 aromatic heterocycles. The van der Waals surface area contributed by atoms with Crippen LogP contribution in [0.4, 0.5) is 29.0 Å². The Morgan fingerprint density at radius 3 is 2.41 bits per heavy atom. The van der Waals surface area contributed by atoms with Crippen molar-refractivity contribution in [2.75, 3.05) is 47.6 Å². The number of nitrogens with one attached hydrogen (secondary N) is 2. The van der Waals surface area contributed by atoms with Crippen molar-refractivity contribution in [1.82, 2.24) is 15.0 Å². The highest BCUT2D eigenvalue weighted by Crippen LogP contribution is 2.47. The van der Waals surface area contributed by atoms with E-state index in [9.17, 15) is 9.90 Å². The van der Waals surface area contributed by atoms with Crippen LogP contribution in [0.3, 0.4) is 0 Å². The van der Waals surface area contributed by atoms with Crippen molar-refractivity contribution in [3.8, 4) is 11.4 Å². The quantitative estimate of drug-likeness (QED) is 0.249. The van der Waals surface area contributed by atoms with Crippen LogP contribution in [0.2, 0.25) is 0 Å². The molecule has 2 fully saturated rings. The van der Waals surface area contributed by atoms with Crippen molar-refractivity contribution in [2.24, 2.45) is 0 Å².